The van der Waals surface area contributed by atoms with Crippen molar-refractivity contribution in [3.8, 4) is 11.5 Å². The Labute approximate surface area is 133 Å². The molecule has 6 nitrogen and oxygen atoms in total. The largest absolute Gasteiger partial charge is 0.494 e. The SMILES string of the molecule is COc1cc2c(cc1NC(=O)c1ccco1)C=CC(C)(CO)O2. The van der Waals surface area contributed by atoms with E-state index in [9.17, 15) is 9.90 Å². The summed E-state index contributed by atoms with van der Waals surface area (Å²) in [6, 6.07) is 6.66. The molecule has 1 aliphatic heterocycles. The van der Waals surface area contributed by atoms with E-state index in [1.807, 2.05) is 6.08 Å². The maximum Gasteiger partial charge on any atom is 0.291 e. The number of fused-ring (bicyclic) bond motifs is 1. The lowest BCUT2D eigenvalue weighted by atomic mass is 10.0. The van der Waals surface area contributed by atoms with Crippen molar-refractivity contribution in [2.75, 3.05) is 19.0 Å². The fraction of sp³-hybridized carbons (Fsp3) is 0.235. The third-order valence-electron chi connectivity index (χ3n) is 3.60. The Morgan fingerprint density at radius 3 is 2.91 bits per heavy atom. The Kier molecular flexibility index (Phi) is 3.83. The fourth-order valence-electron chi connectivity index (χ4n) is 2.29. The van der Waals surface area contributed by atoms with E-state index < -0.39 is 5.60 Å². The maximum absolute atomic E-state index is 12.1. The zero-order valence-corrected chi connectivity index (χ0v) is 12.8. The Morgan fingerprint density at radius 1 is 1.43 bits per heavy atom. The lowest BCUT2D eigenvalue weighted by molar-refractivity contribution is 0.0639. The molecule has 0 radical (unpaired) electrons. The van der Waals surface area contributed by atoms with E-state index in [0.717, 1.165) is 5.56 Å². The summed E-state index contributed by atoms with van der Waals surface area (Å²) in [4.78, 5) is 12.1. The lowest BCUT2D eigenvalue weighted by Gasteiger charge is -2.30. The lowest BCUT2D eigenvalue weighted by Crippen LogP contribution is -2.35. The molecule has 6 heteroatoms. The van der Waals surface area contributed by atoms with Crippen molar-refractivity contribution >= 4 is 17.7 Å². The number of aliphatic hydroxyl groups excluding tert-OH is 1. The van der Waals surface area contributed by atoms with E-state index >= 15 is 0 Å². The van der Waals surface area contributed by atoms with E-state index in [2.05, 4.69) is 5.32 Å². The summed E-state index contributed by atoms with van der Waals surface area (Å²) in [7, 11) is 1.51. The first-order valence-corrected chi connectivity index (χ1v) is 7.11. The molecule has 120 valence electrons. The van der Waals surface area contributed by atoms with Gasteiger partial charge in [0.15, 0.2) is 5.76 Å². The molecular formula is C17H17NO5. The summed E-state index contributed by atoms with van der Waals surface area (Å²) >= 11 is 0. The molecule has 0 aliphatic carbocycles. The van der Waals surface area contributed by atoms with Gasteiger partial charge in [0.2, 0.25) is 0 Å². The van der Waals surface area contributed by atoms with Gasteiger partial charge in [-0.1, -0.05) is 6.08 Å². The van der Waals surface area contributed by atoms with Crippen LogP contribution in [0, 0.1) is 0 Å². The van der Waals surface area contributed by atoms with Crippen LogP contribution in [0.4, 0.5) is 5.69 Å². The number of ether oxygens (including phenoxy) is 2. The van der Waals surface area contributed by atoms with Gasteiger partial charge in [0, 0.05) is 11.6 Å². The number of methoxy groups -OCH3 is 1. The number of aliphatic hydroxyl groups is 1. The van der Waals surface area contributed by atoms with E-state index in [0.29, 0.717) is 17.2 Å². The van der Waals surface area contributed by atoms with Gasteiger partial charge in [-0.15, -0.1) is 0 Å². The quantitative estimate of drug-likeness (QED) is 0.906. The van der Waals surface area contributed by atoms with Gasteiger partial charge in [0.05, 0.1) is 25.7 Å². The van der Waals surface area contributed by atoms with E-state index in [-0.39, 0.29) is 18.3 Å². The molecule has 2 heterocycles. The Hall–Kier alpha value is -2.73. The summed E-state index contributed by atoms with van der Waals surface area (Å²) in [6.45, 7) is 1.65. The average Bonchev–Trinajstić information content (AvgIpc) is 3.09. The van der Waals surface area contributed by atoms with Crippen LogP contribution in [0.15, 0.2) is 41.0 Å². The van der Waals surface area contributed by atoms with Gasteiger partial charge in [-0.05, 0) is 31.2 Å². The smallest absolute Gasteiger partial charge is 0.291 e. The van der Waals surface area contributed by atoms with Crippen LogP contribution >= 0.6 is 0 Å². The van der Waals surface area contributed by atoms with Gasteiger partial charge in [-0.3, -0.25) is 4.79 Å². The molecular weight excluding hydrogens is 298 g/mol. The molecule has 1 aromatic carbocycles. The fourth-order valence-corrected chi connectivity index (χ4v) is 2.29. The molecule has 0 saturated heterocycles. The highest BCUT2D eigenvalue weighted by Crippen LogP contribution is 2.38. The second kappa shape index (κ2) is 5.81. The molecule has 0 saturated carbocycles. The summed E-state index contributed by atoms with van der Waals surface area (Å²) in [5, 5.41) is 12.2. The standard InChI is InChI=1S/C17H17NO5/c1-17(10-19)6-5-11-8-12(15(21-2)9-14(11)23-17)18-16(20)13-4-3-7-22-13/h3-9,19H,10H2,1-2H3,(H,18,20). The number of amides is 1. The number of nitrogens with one attached hydrogen (secondary N) is 1. The van der Waals surface area contributed by atoms with E-state index in [1.54, 1.807) is 37.3 Å². The Morgan fingerprint density at radius 2 is 2.26 bits per heavy atom. The third-order valence-corrected chi connectivity index (χ3v) is 3.60. The monoisotopic (exact) mass is 315 g/mol. The number of hydrogen-bond acceptors (Lipinski definition) is 5. The van der Waals surface area contributed by atoms with Gasteiger partial charge in [-0.2, -0.15) is 0 Å². The first-order chi connectivity index (χ1) is 11.0. The molecule has 1 aromatic heterocycles. The van der Waals surface area contributed by atoms with Crippen molar-refractivity contribution in [2.24, 2.45) is 0 Å². The summed E-state index contributed by atoms with van der Waals surface area (Å²) in [6.07, 6.45) is 5.06. The van der Waals surface area contributed by atoms with Crippen molar-refractivity contribution in [1.82, 2.24) is 0 Å². The number of carbonyl (C=O) groups is 1. The van der Waals surface area contributed by atoms with Crippen LogP contribution < -0.4 is 14.8 Å². The minimum absolute atomic E-state index is 0.137. The van der Waals surface area contributed by atoms with Crippen molar-refractivity contribution < 1.29 is 23.8 Å². The number of carbonyl (C=O) groups excluding carboxylic acids is 1. The first-order valence-electron chi connectivity index (χ1n) is 7.11. The van der Waals surface area contributed by atoms with Gasteiger partial charge >= 0.3 is 0 Å². The minimum atomic E-state index is -0.767. The molecule has 0 fully saturated rings. The van der Waals surface area contributed by atoms with Crippen LogP contribution in [0.25, 0.3) is 6.08 Å². The highest BCUT2D eigenvalue weighted by Gasteiger charge is 2.27. The van der Waals surface area contributed by atoms with Gasteiger partial charge in [0.25, 0.3) is 5.91 Å². The van der Waals surface area contributed by atoms with Crippen LogP contribution in [-0.4, -0.2) is 30.3 Å². The minimum Gasteiger partial charge on any atom is -0.494 e. The predicted molar refractivity (Wildman–Crippen MR) is 84.8 cm³/mol. The molecule has 23 heavy (non-hydrogen) atoms. The second-order valence-electron chi connectivity index (χ2n) is 5.43. The van der Waals surface area contributed by atoms with Crippen molar-refractivity contribution in [1.29, 1.82) is 0 Å². The molecule has 0 spiro atoms. The van der Waals surface area contributed by atoms with E-state index in [4.69, 9.17) is 13.9 Å². The second-order valence-corrected chi connectivity index (χ2v) is 5.43. The number of anilines is 1. The normalized spacial score (nSPS) is 18.9. The van der Waals surface area contributed by atoms with Crippen molar-refractivity contribution in [3.05, 3.63) is 47.9 Å². The maximum atomic E-state index is 12.1. The zero-order valence-electron chi connectivity index (χ0n) is 12.8. The van der Waals surface area contributed by atoms with Crippen LogP contribution in [0.5, 0.6) is 11.5 Å². The molecule has 2 N–H and O–H groups in total. The van der Waals surface area contributed by atoms with Crippen LogP contribution in [0.2, 0.25) is 0 Å². The van der Waals surface area contributed by atoms with Gasteiger partial charge in [0.1, 0.15) is 17.1 Å². The molecule has 1 amide bonds. The zero-order chi connectivity index (χ0) is 16.4. The molecule has 3 rings (SSSR count). The van der Waals surface area contributed by atoms with Gasteiger partial charge in [-0.25, -0.2) is 0 Å². The third kappa shape index (κ3) is 2.93. The average molecular weight is 315 g/mol. The molecule has 1 atom stereocenters. The van der Waals surface area contributed by atoms with Crippen molar-refractivity contribution in [3.63, 3.8) is 0 Å². The van der Waals surface area contributed by atoms with Crippen LogP contribution in [-0.2, 0) is 0 Å². The van der Waals surface area contributed by atoms with E-state index in [1.165, 1.54) is 13.4 Å². The first kappa shape index (κ1) is 15.2. The summed E-state index contributed by atoms with van der Waals surface area (Å²) in [5.74, 6) is 0.884. The highest BCUT2D eigenvalue weighted by molar-refractivity contribution is 6.03. The molecule has 0 bridgehead atoms. The van der Waals surface area contributed by atoms with Crippen LogP contribution in [0.1, 0.15) is 23.0 Å². The summed E-state index contributed by atoms with van der Waals surface area (Å²) < 4.78 is 16.2. The summed E-state index contributed by atoms with van der Waals surface area (Å²) in [5.41, 5.74) is 0.525. The predicted octanol–water partition coefficient (Wildman–Crippen LogP) is 2.70. The number of furan rings is 1. The van der Waals surface area contributed by atoms with Gasteiger partial charge < -0.3 is 24.3 Å². The topological polar surface area (TPSA) is 80.9 Å². The Balaban J connectivity index is 1.92. The molecule has 1 unspecified atom stereocenters. The van der Waals surface area contributed by atoms with Crippen molar-refractivity contribution in [2.45, 2.75) is 12.5 Å². The number of hydrogen-bond donors (Lipinski definition) is 2. The highest BCUT2D eigenvalue weighted by atomic mass is 16.5. The number of rotatable bonds is 4. The molecule has 1 aliphatic rings. The molecule has 2 aromatic rings. The Bertz CT molecular complexity index is 751. The van der Waals surface area contributed by atoms with Crippen LogP contribution in [0.3, 0.4) is 0 Å². The number of benzene rings is 1.